The summed E-state index contributed by atoms with van der Waals surface area (Å²) in [5, 5.41) is 8.57. The van der Waals surface area contributed by atoms with E-state index in [-0.39, 0.29) is 24.3 Å². The summed E-state index contributed by atoms with van der Waals surface area (Å²) in [6, 6.07) is 0. The fourth-order valence-electron chi connectivity index (χ4n) is 1.72. The number of hydrogen-bond acceptors (Lipinski definition) is 3. The molecule has 0 heterocycles. The minimum atomic E-state index is -0.872. The van der Waals surface area contributed by atoms with E-state index in [2.05, 4.69) is 0 Å². The normalized spacial score (nSPS) is 22.9. The fourth-order valence-corrected chi connectivity index (χ4v) is 1.72. The summed E-state index contributed by atoms with van der Waals surface area (Å²) in [7, 11) is 0. The Balaban J connectivity index is 2.36. The van der Waals surface area contributed by atoms with Gasteiger partial charge in [-0.15, -0.1) is 0 Å². The third kappa shape index (κ3) is 3.48. The van der Waals surface area contributed by atoms with Crippen molar-refractivity contribution in [1.82, 2.24) is 4.90 Å². The molecule has 1 aliphatic carbocycles. The molecule has 0 saturated heterocycles. The number of hydrogen-bond donors (Lipinski definition) is 1. The largest absolute Gasteiger partial charge is 0.481 e. The molecule has 1 amide bonds. The van der Waals surface area contributed by atoms with Gasteiger partial charge in [-0.1, -0.05) is 0 Å². The van der Waals surface area contributed by atoms with E-state index in [1.807, 2.05) is 13.8 Å². The molecule has 0 spiro atoms. The number of carbonyl (C=O) groups is 2. The summed E-state index contributed by atoms with van der Waals surface area (Å²) in [4.78, 5) is 23.9. The molecule has 16 heavy (non-hydrogen) atoms. The zero-order valence-electron chi connectivity index (χ0n) is 9.81. The van der Waals surface area contributed by atoms with E-state index >= 15 is 0 Å². The molecule has 1 N–H and O–H groups in total. The maximum atomic E-state index is 11.9. The van der Waals surface area contributed by atoms with Crippen LogP contribution >= 0.6 is 0 Å². The van der Waals surface area contributed by atoms with Crippen LogP contribution < -0.4 is 0 Å². The summed E-state index contributed by atoms with van der Waals surface area (Å²) >= 11 is 0. The summed E-state index contributed by atoms with van der Waals surface area (Å²) < 4.78 is 5.34. The van der Waals surface area contributed by atoms with Crippen molar-refractivity contribution in [3.05, 3.63) is 0 Å². The average molecular weight is 229 g/mol. The predicted molar refractivity (Wildman–Crippen MR) is 58.0 cm³/mol. The first-order chi connectivity index (χ1) is 7.60. The molecule has 1 fully saturated rings. The standard InChI is InChI=1S/C11H19NO4/c1-3-12(6-5-10(13)14)11(15)8-7-9(8)16-4-2/h8-9H,3-7H2,1-2H3,(H,13,14). The van der Waals surface area contributed by atoms with Gasteiger partial charge >= 0.3 is 5.97 Å². The number of carboxylic acids is 1. The van der Waals surface area contributed by atoms with E-state index < -0.39 is 5.97 Å². The average Bonchev–Trinajstić information content (AvgIpc) is 2.98. The van der Waals surface area contributed by atoms with Crippen LogP contribution in [0.2, 0.25) is 0 Å². The molecule has 0 aromatic heterocycles. The van der Waals surface area contributed by atoms with Crippen molar-refractivity contribution in [2.24, 2.45) is 5.92 Å². The van der Waals surface area contributed by atoms with Crippen molar-refractivity contribution >= 4 is 11.9 Å². The Labute approximate surface area is 95.4 Å². The van der Waals surface area contributed by atoms with Gasteiger partial charge in [-0.3, -0.25) is 9.59 Å². The van der Waals surface area contributed by atoms with Gasteiger partial charge in [0, 0.05) is 19.7 Å². The predicted octanol–water partition coefficient (Wildman–Crippen LogP) is 0.735. The lowest BCUT2D eigenvalue weighted by atomic mass is 10.3. The highest BCUT2D eigenvalue weighted by molar-refractivity contribution is 5.82. The Hall–Kier alpha value is -1.10. The van der Waals surface area contributed by atoms with Crippen molar-refractivity contribution < 1.29 is 19.4 Å². The van der Waals surface area contributed by atoms with E-state index in [0.29, 0.717) is 19.7 Å². The van der Waals surface area contributed by atoms with E-state index in [9.17, 15) is 9.59 Å². The van der Waals surface area contributed by atoms with Gasteiger partial charge < -0.3 is 14.7 Å². The molecule has 0 aromatic carbocycles. The molecular formula is C11H19NO4. The van der Waals surface area contributed by atoms with E-state index in [1.54, 1.807) is 4.90 Å². The van der Waals surface area contributed by atoms with Gasteiger partial charge in [-0.2, -0.15) is 0 Å². The third-order valence-electron chi connectivity index (χ3n) is 2.72. The number of aliphatic carboxylic acids is 1. The van der Waals surface area contributed by atoms with E-state index in [1.165, 1.54) is 0 Å². The number of carbonyl (C=O) groups excluding carboxylic acids is 1. The maximum absolute atomic E-state index is 11.9. The molecule has 0 aliphatic heterocycles. The van der Waals surface area contributed by atoms with Gasteiger partial charge in [0.15, 0.2) is 0 Å². The summed E-state index contributed by atoms with van der Waals surface area (Å²) in [5.41, 5.74) is 0. The molecule has 0 radical (unpaired) electrons. The highest BCUT2D eigenvalue weighted by Crippen LogP contribution is 2.35. The first kappa shape index (κ1) is 13.0. The lowest BCUT2D eigenvalue weighted by molar-refractivity contribution is -0.139. The van der Waals surface area contributed by atoms with Gasteiger partial charge in [0.2, 0.25) is 5.91 Å². The molecule has 1 saturated carbocycles. The molecule has 0 bridgehead atoms. The van der Waals surface area contributed by atoms with Crippen LogP contribution in [0.1, 0.15) is 26.7 Å². The van der Waals surface area contributed by atoms with Gasteiger partial charge in [0.25, 0.3) is 0 Å². The second-order valence-electron chi connectivity index (χ2n) is 3.90. The zero-order chi connectivity index (χ0) is 12.1. The van der Waals surface area contributed by atoms with Crippen LogP contribution in [-0.4, -0.2) is 47.7 Å². The van der Waals surface area contributed by atoms with Crippen molar-refractivity contribution in [2.75, 3.05) is 19.7 Å². The van der Waals surface area contributed by atoms with Crippen LogP contribution in [0.3, 0.4) is 0 Å². The van der Waals surface area contributed by atoms with Crippen LogP contribution in [-0.2, 0) is 14.3 Å². The fraction of sp³-hybridized carbons (Fsp3) is 0.818. The third-order valence-corrected chi connectivity index (χ3v) is 2.72. The second-order valence-corrected chi connectivity index (χ2v) is 3.90. The monoisotopic (exact) mass is 229 g/mol. The molecule has 5 heteroatoms. The molecule has 2 atom stereocenters. The first-order valence-electron chi connectivity index (χ1n) is 5.72. The van der Waals surface area contributed by atoms with Gasteiger partial charge in [-0.05, 0) is 20.3 Å². The quantitative estimate of drug-likeness (QED) is 0.699. The highest BCUT2D eigenvalue weighted by Gasteiger charge is 2.45. The molecule has 2 unspecified atom stereocenters. The number of carboxylic acid groups (broad SMARTS) is 1. The molecule has 92 valence electrons. The van der Waals surface area contributed by atoms with Crippen LogP contribution in [0, 0.1) is 5.92 Å². The van der Waals surface area contributed by atoms with E-state index in [4.69, 9.17) is 9.84 Å². The van der Waals surface area contributed by atoms with Crippen LogP contribution in [0.25, 0.3) is 0 Å². The first-order valence-corrected chi connectivity index (χ1v) is 5.72. The number of rotatable bonds is 7. The summed E-state index contributed by atoms with van der Waals surface area (Å²) in [5.74, 6) is -0.890. The summed E-state index contributed by atoms with van der Waals surface area (Å²) in [6.07, 6.45) is 0.832. The molecule has 1 aliphatic rings. The molecular weight excluding hydrogens is 210 g/mol. The Bertz CT molecular complexity index is 267. The van der Waals surface area contributed by atoms with Crippen LogP contribution in [0.4, 0.5) is 0 Å². The van der Waals surface area contributed by atoms with Gasteiger partial charge in [0.1, 0.15) is 0 Å². The maximum Gasteiger partial charge on any atom is 0.305 e. The van der Waals surface area contributed by atoms with Crippen molar-refractivity contribution in [2.45, 2.75) is 32.8 Å². The van der Waals surface area contributed by atoms with Crippen molar-refractivity contribution in [3.8, 4) is 0 Å². The number of ether oxygens (including phenoxy) is 1. The molecule has 5 nitrogen and oxygen atoms in total. The minimum Gasteiger partial charge on any atom is -0.481 e. The Kier molecular flexibility index (Phi) is 4.73. The SMILES string of the molecule is CCOC1CC1C(=O)N(CC)CCC(=O)O. The number of nitrogens with zero attached hydrogens (tertiary/aromatic N) is 1. The highest BCUT2D eigenvalue weighted by atomic mass is 16.5. The Morgan fingerprint density at radius 1 is 1.44 bits per heavy atom. The minimum absolute atomic E-state index is 0.00556. The Morgan fingerprint density at radius 3 is 2.62 bits per heavy atom. The second kappa shape index (κ2) is 5.84. The smallest absolute Gasteiger partial charge is 0.305 e. The summed E-state index contributed by atoms with van der Waals surface area (Å²) in [6.45, 7) is 5.23. The van der Waals surface area contributed by atoms with Crippen molar-refractivity contribution in [3.63, 3.8) is 0 Å². The lowest BCUT2D eigenvalue weighted by Crippen LogP contribution is -2.34. The topological polar surface area (TPSA) is 66.8 Å². The van der Waals surface area contributed by atoms with Crippen LogP contribution in [0.5, 0.6) is 0 Å². The van der Waals surface area contributed by atoms with Gasteiger partial charge in [-0.25, -0.2) is 0 Å². The lowest BCUT2D eigenvalue weighted by Gasteiger charge is -2.19. The zero-order valence-corrected chi connectivity index (χ0v) is 9.81. The van der Waals surface area contributed by atoms with E-state index in [0.717, 1.165) is 6.42 Å². The van der Waals surface area contributed by atoms with Gasteiger partial charge in [0.05, 0.1) is 18.4 Å². The molecule has 1 rings (SSSR count). The Morgan fingerprint density at radius 2 is 2.12 bits per heavy atom. The van der Waals surface area contributed by atoms with Crippen LogP contribution in [0.15, 0.2) is 0 Å². The molecule has 0 aromatic rings. The van der Waals surface area contributed by atoms with Crippen molar-refractivity contribution in [1.29, 1.82) is 0 Å². The number of amides is 1.